The van der Waals surface area contributed by atoms with Crippen molar-refractivity contribution in [3.05, 3.63) is 69.0 Å². The van der Waals surface area contributed by atoms with Gasteiger partial charge in [0, 0.05) is 24.2 Å². The van der Waals surface area contributed by atoms with Crippen LogP contribution in [0.3, 0.4) is 0 Å². The van der Waals surface area contributed by atoms with Gasteiger partial charge in [-0.15, -0.1) is 0 Å². The molecule has 0 atom stereocenters. The van der Waals surface area contributed by atoms with Crippen molar-refractivity contribution >= 4 is 5.91 Å². The summed E-state index contributed by atoms with van der Waals surface area (Å²) in [6.45, 7) is 0.467. The molecule has 6 nitrogen and oxygen atoms in total. The minimum absolute atomic E-state index is 0.0366. The van der Waals surface area contributed by atoms with Gasteiger partial charge in [-0.3, -0.25) is 19.1 Å². The SMILES string of the molecule is O=C(Cn1ccc(=O)[nH]c1=O)NCC1(c2ccccc2)CCCCC1. The number of amides is 1. The predicted octanol–water partition coefficient (Wildman–Crippen LogP) is 1.55. The zero-order valence-electron chi connectivity index (χ0n) is 14.2. The molecule has 0 saturated heterocycles. The molecule has 2 aromatic rings. The van der Waals surface area contributed by atoms with Crippen LogP contribution in [-0.4, -0.2) is 22.0 Å². The van der Waals surface area contributed by atoms with Gasteiger partial charge < -0.3 is 5.32 Å². The zero-order valence-corrected chi connectivity index (χ0v) is 14.2. The third-order valence-electron chi connectivity index (χ3n) is 5.03. The van der Waals surface area contributed by atoms with Crippen molar-refractivity contribution in [1.82, 2.24) is 14.9 Å². The van der Waals surface area contributed by atoms with Crippen molar-refractivity contribution in [2.24, 2.45) is 0 Å². The molecular formula is C19H23N3O3. The fourth-order valence-corrected chi connectivity index (χ4v) is 3.63. The topological polar surface area (TPSA) is 84.0 Å². The maximum absolute atomic E-state index is 12.3. The monoisotopic (exact) mass is 341 g/mol. The van der Waals surface area contributed by atoms with Crippen LogP contribution < -0.4 is 16.6 Å². The summed E-state index contributed by atoms with van der Waals surface area (Å²) in [5.41, 5.74) is 0.187. The van der Waals surface area contributed by atoms with Crippen LogP contribution >= 0.6 is 0 Å². The van der Waals surface area contributed by atoms with Crippen molar-refractivity contribution in [3.63, 3.8) is 0 Å². The lowest BCUT2D eigenvalue weighted by atomic mass is 9.69. The maximum Gasteiger partial charge on any atom is 0.328 e. The van der Waals surface area contributed by atoms with E-state index in [1.54, 1.807) is 0 Å². The molecule has 0 radical (unpaired) electrons. The Morgan fingerprint density at radius 2 is 1.80 bits per heavy atom. The molecule has 1 aliphatic rings. The fourth-order valence-electron chi connectivity index (χ4n) is 3.63. The highest BCUT2D eigenvalue weighted by atomic mass is 16.2. The van der Waals surface area contributed by atoms with Crippen molar-refractivity contribution in [1.29, 1.82) is 0 Å². The number of nitrogens with zero attached hydrogens (tertiary/aromatic N) is 1. The Balaban J connectivity index is 1.70. The van der Waals surface area contributed by atoms with Crippen molar-refractivity contribution < 1.29 is 4.79 Å². The van der Waals surface area contributed by atoms with Gasteiger partial charge in [-0.25, -0.2) is 4.79 Å². The van der Waals surface area contributed by atoms with E-state index in [0.717, 1.165) is 25.7 Å². The molecule has 1 amide bonds. The summed E-state index contributed by atoms with van der Waals surface area (Å²) in [7, 11) is 0. The van der Waals surface area contributed by atoms with Gasteiger partial charge in [-0.1, -0.05) is 49.6 Å². The third-order valence-corrected chi connectivity index (χ3v) is 5.03. The first kappa shape index (κ1) is 17.2. The molecule has 0 spiro atoms. The first-order chi connectivity index (χ1) is 12.1. The minimum atomic E-state index is -0.571. The maximum atomic E-state index is 12.3. The van der Waals surface area contributed by atoms with Crippen LogP contribution in [0.5, 0.6) is 0 Å². The largest absolute Gasteiger partial charge is 0.354 e. The Morgan fingerprint density at radius 3 is 2.48 bits per heavy atom. The van der Waals surface area contributed by atoms with Gasteiger partial charge in [-0.2, -0.15) is 0 Å². The number of benzene rings is 1. The molecule has 0 bridgehead atoms. The molecule has 0 aliphatic heterocycles. The fraction of sp³-hybridized carbons (Fsp3) is 0.421. The Hall–Kier alpha value is -2.63. The van der Waals surface area contributed by atoms with E-state index in [1.807, 2.05) is 18.2 Å². The number of nitrogens with one attached hydrogen (secondary N) is 2. The highest BCUT2D eigenvalue weighted by Crippen LogP contribution is 2.38. The molecule has 1 aromatic heterocycles. The van der Waals surface area contributed by atoms with E-state index < -0.39 is 11.2 Å². The van der Waals surface area contributed by atoms with Gasteiger partial charge in [0.05, 0.1) is 0 Å². The third kappa shape index (κ3) is 4.07. The predicted molar refractivity (Wildman–Crippen MR) is 95.5 cm³/mol. The second kappa shape index (κ2) is 7.51. The van der Waals surface area contributed by atoms with Crippen LogP contribution in [0.2, 0.25) is 0 Å². The van der Waals surface area contributed by atoms with E-state index >= 15 is 0 Å². The van der Waals surface area contributed by atoms with E-state index in [9.17, 15) is 14.4 Å². The Morgan fingerprint density at radius 1 is 1.08 bits per heavy atom. The molecule has 0 unspecified atom stereocenters. The second-order valence-electron chi connectivity index (χ2n) is 6.72. The molecular weight excluding hydrogens is 318 g/mol. The highest BCUT2D eigenvalue weighted by Gasteiger charge is 2.34. The Kier molecular flexibility index (Phi) is 5.16. The minimum Gasteiger partial charge on any atom is -0.354 e. The molecule has 1 aliphatic carbocycles. The molecule has 25 heavy (non-hydrogen) atoms. The van der Waals surface area contributed by atoms with Gasteiger partial charge >= 0.3 is 5.69 Å². The molecule has 1 fully saturated rings. The number of hydrogen-bond acceptors (Lipinski definition) is 3. The first-order valence-electron chi connectivity index (χ1n) is 8.71. The summed E-state index contributed by atoms with van der Waals surface area (Å²) in [6, 6.07) is 11.6. The summed E-state index contributed by atoms with van der Waals surface area (Å²) in [5.74, 6) is -0.227. The van der Waals surface area contributed by atoms with Crippen molar-refractivity contribution in [2.75, 3.05) is 6.54 Å². The second-order valence-corrected chi connectivity index (χ2v) is 6.72. The average molecular weight is 341 g/mol. The van der Waals surface area contributed by atoms with E-state index in [-0.39, 0.29) is 17.9 Å². The molecule has 2 N–H and O–H groups in total. The van der Waals surface area contributed by atoms with Crippen LogP contribution in [0.25, 0.3) is 0 Å². The summed E-state index contributed by atoms with van der Waals surface area (Å²) in [5, 5.41) is 2.99. The number of aromatic amines is 1. The number of hydrogen-bond donors (Lipinski definition) is 2. The Labute approximate surface area is 145 Å². The van der Waals surface area contributed by atoms with Gasteiger partial charge in [0.15, 0.2) is 0 Å². The van der Waals surface area contributed by atoms with Crippen LogP contribution in [0.1, 0.15) is 37.7 Å². The van der Waals surface area contributed by atoms with Crippen LogP contribution in [0.4, 0.5) is 0 Å². The number of rotatable bonds is 5. The standard InChI is InChI=1S/C19H23N3O3/c23-16-9-12-22(18(25)21-16)13-17(24)20-14-19(10-5-2-6-11-19)15-7-3-1-4-8-15/h1,3-4,7-9,12H,2,5-6,10-11,13-14H2,(H,20,24)(H,21,23,25). The van der Waals surface area contributed by atoms with Crippen LogP contribution in [-0.2, 0) is 16.8 Å². The Bertz CT molecular complexity index is 833. The zero-order chi connectivity index (χ0) is 17.7. The van der Waals surface area contributed by atoms with Crippen molar-refractivity contribution in [2.45, 2.75) is 44.1 Å². The summed E-state index contributed by atoms with van der Waals surface area (Å²) < 4.78 is 1.20. The summed E-state index contributed by atoms with van der Waals surface area (Å²) in [6.07, 6.45) is 6.99. The van der Waals surface area contributed by atoms with E-state index in [0.29, 0.717) is 6.54 Å². The summed E-state index contributed by atoms with van der Waals surface area (Å²) >= 11 is 0. The van der Waals surface area contributed by atoms with Gasteiger partial charge in [0.25, 0.3) is 5.56 Å². The molecule has 1 aromatic carbocycles. The van der Waals surface area contributed by atoms with Crippen LogP contribution in [0, 0.1) is 0 Å². The number of carbonyl (C=O) groups is 1. The number of aromatic nitrogens is 2. The van der Waals surface area contributed by atoms with Gasteiger partial charge in [0.1, 0.15) is 6.54 Å². The lowest BCUT2D eigenvalue weighted by Gasteiger charge is -2.38. The lowest BCUT2D eigenvalue weighted by molar-refractivity contribution is -0.122. The highest BCUT2D eigenvalue weighted by molar-refractivity contribution is 5.75. The summed E-state index contributed by atoms with van der Waals surface area (Å²) in [4.78, 5) is 37.2. The normalized spacial score (nSPS) is 16.3. The van der Waals surface area contributed by atoms with E-state index in [4.69, 9.17) is 0 Å². The van der Waals surface area contributed by atoms with Gasteiger partial charge in [-0.05, 0) is 18.4 Å². The molecule has 6 heteroatoms. The molecule has 3 rings (SSSR count). The number of H-pyrrole nitrogens is 1. The first-order valence-corrected chi connectivity index (χ1v) is 8.71. The molecule has 1 saturated carbocycles. The molecule has 132 valence electrons. The molecule has 1 heterocycles. The van der Waals surface area contributed by atoms with E-state index in [1.165, 1.54) is 28.8 Å². The smallest absolute Gasteiger partial charge is 0.328 e. The lowest BCUT2D eigenvalue weighted by Crippen LogP contribution is -2.44. The van der Waals surface area contributed by atoms with Crippen molar-refractivity contribution in [3.8, 4) is 0 Å². The van der Waals surface area contributed by atoms with E-state index in [2.05, 4.69) is 22.4 Å². The average Bonchev–Trinajstić information content (AvgIpc) is 2.64. The number of carbonyl (C=O) groups excluding carboxylic acids is 1. The van der Waals surface area contributed by atoms with Crippen LogP contribution in [0.15, 0.2) is 52.2 Å². The van der Waals surface area contributed by atoms with Gasteiger partial charge in [0.2, 0.25) is 5.91 Å². The quantitative estimate of drug-likeness (QED) is 0.865.